The number of amides is 1. The highest BCUT2D eigenvalue weighted by atomic mass is 35.5. The van der Waals surface area contributed by atoms with Crippen molar-refractivity contribution in [1.29, 1.82) is 0 Å². The molecule has 144 valence electrons. The molecule has 0 bridgehead atoms. The first kappa shape index (κ1) is 20.7. The summed E-state index contributed by atoms with van der Waals surface area (Å²) in [7, 11) is 3.47. The average molecular weight is 388 g/mol. The van der Waals surface area contributed by atoms with Gasteiger partial charge in [0, 0.05) is 50.5 Å². The predicted molar refractivity (Wildman–Crippen MR) is 110 cm³/mol. The fourth-order valence-corrected chi connectivity index (χ4v) is 2.71. The largest absolute Gasteiger partial charge is 0.356 e. The Hall–Kier alpha value is -2.60. The van der Waals surface area contributed by atoms with E-state index in [9.17, 15) is 4.79 Å². The quantitative estimate of drug-likeness (QED) is 0.538. The van der Waals surface area contributed by atoms with Gasteiger partial charge in [-0.1, -0.05) is 35.9 Å². The molecule has 0 aliphatic rings. The molecule has 0 spiro atoms. The van der Waals surface area contributed by atoms with Gasteiger partial charge in [0.2, 0.25) is 5.91 Å². The Kier molecular flexibility index (Phi) is 8.58. The number of aliphatic imine (C=N–C) groups is 1. The Balaban J connectivity index is 1.69. The number of likely N-dealkylation sites (N-methyl/N-ethyl adjacent to an activating group) is 1. The molecule has 2 N–H and O–H groups in total. The van der Waals surface area contributed by atoms with Crippen LogP contribution in [0.2, 0.25) is 5.02 Å². The van der Waals surface area contributed by atoms with Crippen LogP contribution < -0.4 is 10.6 Å². The van der Waals surface area contributed by atoms with Crippen molar-refractivity contribution < 1.29 is 4.79 Å². The molecule has 2 rings (SSSR count). The second-order valence-corrected chi connectivity index (χ2v) is 6.49. The Bertz CT molecular complexity index is 751. The van der Waals surface area contributed by atoms with Crippen molar-refractivity contribution in [3.63, 3.8) is 0 Å². The number of rotatable bonds is 8. The summed E-state index contributed by atoms with van der Waals surface area (Å²) in [6.45, 7) is 1.48. The molecule has 0 saturated heterocycles. The zero-order valence-corrected chi connectivity index (χ0v) is 16.5. The summed E-state index contributed by atoms with van der Waals surface area (Å²) in [6, 6.07) is 13.5. The number of guanidine groups is 1. The minimum atomic E-state index is -0.0000139. The van der Waals surface area contributed by atoms with E-state index in [2.05, 4.69) is 20.6 Å². The van der Waals surface area contributed by atoms with Crippen molar-refractivity contribution in [2.45, 2.75) is 12.8 Å². The van der Waals surface area contributed by atoms with Gasteiger partial charge in [-0.2, -0.15) is 0 Å². The van der Waals surface area contributed by atoms with E-state index in [1.54, 1.807) is 25.2 Å². The number of carbonyl (C=O) groups excluding carboxylic acids is 1. The predicted octanol–water partition coefficient (Wildman–Crippen LogP) is 2.14. The summed E-state index contributed by atoms with van der Waals surface area (Å²) in [5.41, 5.74) is 2.05. The van der Waals surface area contributed by atoms with Gasteiger partial charge < -0.3 is 15.5 Å². The number of pyridine rings is 1. The molecule has 1 heterocycles. The molecule has 0 aliphatic heterocycles. The molecule has 0 saturated carbocycles. The number of halogens is 1. The van der Waals surface area contributed by atoms with E-state index in [-0.39, 0.29) is 12.5 Å². The summed E-state index contributed by atoms with van der Waals surface area (Å²) in [6.07, 6.45) is 3.27. The molecular weight excluding hydrogens is 362 g/mol. The van der Waals surface area contributed by atoms with Gasteiger partial charge in [0.25, 0.3) is 0 Å². The van der Waals surface area contributed by atoms with Crippen LogP contribution in [0.3, 0.4) is 0 Å². The van der Waals surface area contributed by atoms with Crippen LogP contribution in [0, 0.1) is 0 Å². The molecule has 0 radical (unpaired) electrons. The number of carbonyl (C=O) groups is 1. The molecule has 1 aromatic heterocycles. The molecule has 6 nitrogen and oxygen atoms in total. The lowest BCUT2D eigenvalue weighted by Crippen LogP contribution is -2.44. The summed E-state index contributed by atoms with van der Waals surface area (Å²) in [5, 5.41) is 7.00. The number of nitrogens with one attached hydrogen (secondary N) is 2. The summed E-state index contributed by atoms with van der Waals surface area (Å²) in [4.78, 5) is 22.4. The zero-order valence-electron chi connectivity index (χ0n) is 15.8. The third-order valence-electron chi connectivity index (χ3n) is 4.13. The molecule has 7 heteroatoms. The van der Waals surface area contributed by atoms with Crippen LogP contribution in [0.5, 0.6) is 0 Å². The molecule has 0 unspecified atom stereocenters. The van der Waals surface area contributed by atoms with Crippen LogP contribution in [0.4, 0.5) is 0 Å². The highest BCUT2D eigenvalue weighted by Gasteiger charge is 2.10. The van der Waals surface area contributed by atoms with E-state index in [1.165, 1.54) is 0 Å². The first-order valence-corrected chi connectivity index (χ1v) is 9.29. The van der Waals surface area contributed by atoms with Gasteiger partial charge in [-0.05, 0) is 30.2 Å². The lowest BCUT2D eigenvalue weighted by molar-refractivity contribution is -0.128. The molecule has 0 aliphatic carbocycles. The molecule has 27 heavy (non-hydrogen) atoms. The number of aromatic nitrogens is 1. The number of hydrogen-bond donors (Lipinski definition) is 2. The SMILES string of the molecule is CN=C(NCCc1ccccc1Cl)NCC(=O)N(C)CCc1ccccn1. The van der Waals surface area contributed by atoms with Crippen molar-refractivity contribution in [1.82, 2.24) is 20.5 Å². The van der Waals surface area contributed by atoms with Gasteiger partial charge in [-0.25, -0.2) is 0 Å². The first-order chi connectivity index (χ1) is 13.1. The van der Waals surface area contributed by atoms with E-state index in [0.29, 0.717) is 19.0 Å². The summed E-state index contributed by atoms with van der Waals surface area (Å²) < 4.78 is 0. The Morgan fingerprint density at radius 2 is 1.93 bits per heavy atom. The maximum atomic E-state index is 12.3. The van der Waals surface area contributed by atoms with E-state index < -0.39 is 0 Å². The maximum absolute atomic E-state index is 12.3. The van der Waals surface area contributed by atoms with Crippen LogP contribution >= 0.6 is 11.6 Å². The van der Waals surface area contributed by atoms with E-state index in [0.717, 1.165) is 29.1 Å². The third-order valence-corrected chi connectivity index (χ3v) is 4.50. The van der Waals surface area contributed by atoms with Crippen LogP contribution in [0.1, 0.15) is 11.3 Å². The van der Waals surface area contributed by atoms with Crippen LogP contribution in [-0.2, 0) is 17.6 Å². The fraction of sp³-hybridized carbons (Fsp3) is 0.350. The molecule has 1 aromatic carbocycles. The first-order valence-electron chi connectivity index (χ1n) is 8.92. The lowest BCUT2D eigenvalue weighted by atomic mass is 10.1. The van der Waals surface area contributed by atoms with Crippen molar-refractivity contribution in [2.75, 3.05) is 33.7 Å². The Morgan fingerprint density at radius 3 is 2.63 bits per heavy atom. The Labute approximate surface area is 165 Å². The van der Waals surface area contributed by atoms with Crippen LogP contribution in [0.15, 0.2) is 53.7 Å². The minimum Gasteiger partial charge on any atom is -0.356 e. The molecule has 2 aromatic rings. The number of hydrogen-bond acceptors (Lipinski definition) is 3. The van der Waals surface area contributed by atoms with Gasteiger partial charge in [0.05, 0.1) is 6.54 Å². The number of benzene rings is 1. The fourth-order valence-electron chi connectivity index (χ4n) is 2.48. The highest BCUT2D eigenvalue weighted by molar-refractivity contribution is 6.31. The van der Waals surface area contributed by atoms with Gasteiger partial charge in [0.1, 0.15) is 0 Å². The van der Waals surface area contributed by atoms with E-state index in [4.69, 9.17) is 11.6 Å². The molecule has 0 atom stereocenters. The molecule has 1 amide bonds. The van der Waals surface area contributed by atoms with Gasteiger partial charge in [0.15, 0.2) is 5.96 Å². The van der Waals surface area contributed by atoms with Crippen molar-refractivity contribution in [3.8, 4) is 0 Å². The summed E-state index contributed by atoms with van der Waals surface area (Å²) in [5.74, 6) is 0.591. The normalized spacial score (nSPS) is 11.1. The molecule has 0 fully saturated rings. The number of nitrogens with zero attached hydrogens (tertiary/aromatic N) is 3. The average Bonchev–Trinajstić information content (AvgIpc) is 2.70. The topological polar surface area (TPSA) is 69.6 Å². The van der Waals surface area contributed by atoms with Crippen molar-refractivity contribution >= 4 is 23.5 Å². The maximum Gasteiger partial charge on any atom is 0.241 e. The second kappa shape index (κ2) is 11.2. The molecular formula is C20H26ClN5O. The van der Waals surface area contributed by atoms with Crippen molar-refractivity contribution in [3.05, 3.63) is 64.9 Å². The van der Waals surface area contributed by atoms with Gasteiger partial charge in [-0.3, -0.25) is 14.8 Å². The standard InChI is InChI=1S/C20H26ClN5O/c1-22-20(24-13-10-16-7-3-4-9-18(16)21)25-15-19(27)26(2)14-11-17-8-5-6-12-23-17/h3-9,12H,10-11,13-15H2,1-2H3,(H2,22,24,25). The highest BCUT2D eigenvalue weighted by Crippen LogP contribution is 2.14. The van der Waals surface area contributed by atoms with E-state index >= 15 is 0 Å². The van der Waals surface area contributed by atoms with Crippen molar-refractivity contribution in [2.24, 2.45) is 4.99 Å². The monoisotopic (exact) mass is 387 g/mol. The third kappa shape index (κ3) is 7.27. The van der Waals surface area contributed by atoms with Gasteiger partial charge >= 0.3 is 0 Å². The Morgan fingerprint density at radius 1 is 1.15 bits per heavy atom. The van der Waals surface area contributed by atoms with E-state index in [1.807, 2.05) is 42.5 Å². The van der Waals surface area contributed by atoms with Gasteiger partial charge in [-0.15, -0.1) is 0 Å². The summed E-state index contributed by atoms with van der Waals surface area (Å²) >= 11 is 6.16. The smallest absolute Gasteiger partial charge is 0.241 e. The zero-order chi connectivity index (χ0) is 19.5. The lowest BCUT2D eigenvalue weighted by Gasteiger charge is -2.18. The minimum absolute atomic E-state index is 0.0000139. The van der Waals surface area contributed by atoms with Crippen LogP contribution in [0.25, 0.3) is 0 Å². The van der Waals surface area contributed by atoms with Crippen LogP contribution in [-0.4, -0.2) is 55.5 Å². The second-order valence-electron chi connectivity index (χ2n) is 6.08.